The highest BCUT2D eigenvalue weighted by Gasteiger charge is 2.28. The van der Waals surface area contributed by atoms with Gasteiger partial charge in [-0.25, -0.2) is 4.68 Å². The number of carbonyl (C=O) groups is 1. The molecule has 32 heavy (non-hydrogen) atoms. The molecule has 5 rings (SSSR count). The molecule has 5 nitrogen and oxygen atoms in total. The van der Waals surface area contributed by atoms with E-state index in [0.29, 0.717) is 18.3 Å². The standard InChI is InChI=1S/C27H25N3O2/c31-27(17-20-11-15-24(16-12-20)32-19-21-7-3-1-4-8-21)28-26-18-25(22-13-14-22)29-30(26)23-9-5-2-6-10-23/h1-12,15-16,18,22H,13-14,17,19H2,(H,28,31). The van der Waals surface area contributed by atoms with E-state index in [0.717, 1.165) is 41.1 Å². The van der Waals surface area contributed by atoms with Crippen molar-refractivity contribution < 1.29 is 9.53 Å². The Morgan fingerprint density at radius 1 is 0.906 bits per heavy atom. The van der Waals surface area contributed by atoms with Crippen molar-refractivity contribution in [1.82, 2.24) is 9.78 Å². The van der Waals surface area contributed by atoms with Crippen LogP contribution in [-0.4, -0.2) is 15.7 Å². The van der Waals surface area contributed by atoms with E-state index < -0.39 is 0 Å². The number of aromatic nitrogens is 2. The Bertz CT molecular complexity index is 1180. The van der Waals surface area contributed by atoms with Gasteiger partial charge in [-0.15, -0.1) is 0 Å². The lowest BCUT2D eigenvalue weighted by atomic mass is 10.1. The normalized spacial score (nSPS) is 13.0. The van der Waals surface area contributed by atoms with Gasteiger partial charge in [0.05, 0.1) is 17.8 Å². The largest absolute Gasteiger partial charge is 0.489 e. The van der Waals surface area contributed by atoms with Gasteiger partial charge in [-0.2, -0.15) is 5.10 Å². The Morgan fingerprint density at radius 2 is 1.59 bits per heavy atom. The number of benzene rings is 3. The third kappa shape index (κ3) is 4.89. The number of nitrogens with zero attached hydrogens (tertiary/aromatic N) is 2. The lowest BCUT2D eigenvalue weighted by molar-refractivity contribution is -0.115. The molecule has 0 unspecified atom stereocenters. The number of amides is 1. The molecule has 0 saturated heterocycles. The van der Waals surface area contributed by atoms with Crippen LogP contribution in [-0.2, 0) is 17.8 Å². The van der Waals surface area contributed by atoms with Gasteiger partial charge in [0.25, 0.3) is 0 Å². The van der Waals surface area contributed by atoms with Gasteiger partial charge in [-0.05, 0) is 48.2 Å². The van der Waals surface area contributed by atoms with E-state index in [1.807, 2.05) is 95.7 Å². The van der Waals surface area contributed by atoms with Crippen LogP contribution in [0.4, 0.5) is 5.82 Å². The summed E-state index contributed by atoms with van der Waals surface area (Å²) in [6, 6.07) is 29.6. The minimum atomic E-state index is -0.0672. The molecule has 1 fully saturated rings. The van der Waals surface area contributed by atoms with Crippen LogP contribution in [0.1, 0.15) is 35.6 Å². The summed E-state index contributed by atoms with van der Waals surface area (Å²) >= 11 is 0. The maximum atomic E-state index is 12.8. The first-order valence-corrected chi connectivity index (χ1v) is 11.0. The highest BCUT2D eigenvalue weighted by Crippen LogP contribution is 2.40. The lowest BCUT2D eigenvalue weighted by Gasteiger charge is -2.10. The number of rotatable bonds is 8. The highest BCUT2D eigenvalue weighted by molar-refractivity contribution is 5.91. The van der Waals surface area contributed by atoms with Crippen molar-refractivity contribution in [3.05, 3.63) is 108 Å². The average Bonchev–Trinajstić information content (AvgIpc) is 3.60. The van der Waals surface area contributed by atoms with Crippen LogP contribution in [0.15, 0.2) is 91.0 Å². The van der Waals surface area contributed by atoms with Crippen molar-refractivity contribution in [3.8, 4) is 11.4 Å². The topological polar surface area (TPSA) is 56.1 Å². The predicted molar refractivity (Wildman–Crippen MR) is 125 cm³/mol. The predicted octanol–water partition coefficient (Wildman–Crippen LogP) is 5.51. The summed E-state index contributed by atoms with van der Waals surface area (Å²) in [6.07, 6.45) is 2.62. The van der Waals surface area contributed by atoms with Crippen LogP contribution in [0.5, 0.6) is 5.75 Å². The van der Waals surface area contributed by atoms with Crippen molar-refractivity contribution in [2.75, 3.05) is 5.32 Å². The summed E-state index contributed by atoms with van der Waals surface area (Å²) in [7, 11) is 0. The highest BCUT2D eigenvalue weighted by atomic mass is 16.5. The molecule has 1 heterocycles. The van der Waals surface area contributed by atoms with Crippen LogP contribution in [0.25, 0.3) is 5.69 Å². The number of nitrogens with one attached hydrogen (secondary N) is 1. The van der Waals surface area contributed by atoms with E-state index in [9.17, 15) is 4.79 Å². The molecule has 1 aromatic heterocycles. The molecule has 0 aliphatic heterocycles. The summed E-state index contributed by atoms with van der Waals surface area (Å²) < 4.78 is 7.66. The summed E-state index contributed by atoms with van der Waals surface area (Å²) in [5, 5.41) is 7.80. The molecule has 0 radical (unpaired) electrons. The molecule has 5 heteroatoms. The minimum Gasteiger partial charge on any atom is -0.489 e. The first-order valence-electron chi connectivity index (χ1n) is 11.0. The fourth-order valence-electron chi connectivity index (χ4n) is 3.65. The van der Waals surface area contributed by atoms with Crippen molar-refractivity contribution >= 4 is 11.7 Å². The maximum absolute atomic E-state index is 12.8. The number of para-hydroxylation sites is 1. The van der Waals surface area contributed by atoms with Gasteiger partial charge < -0.3 is 10.1 Å². The van der Waals surface area contributed by atoms with E-state index in [2.05, 4.69) is 5.32 Å². The van der Waals surface area contributed by atoms with Gasteiger partial charge >= 0.3 is 0 Å². The summed E-state index contributed by atoms with van der Waals surface area (Å²) in [4.78, 5) is 12.8. The van der Waals surface area contributed by atoms with Gasteiger partial charge in [-0.1, -0.05) is 60.7 Å². The number of hydrogen-bond acceptors (Lipinski definition) is 3. The molecule has 160 valence electrons. The van der Waals surface area contributed by atoms with Gasteiger partial charge in [0.2, 0.25) is 5.91 Å². The molecule has 0 bridgehead atoms. The molecule has 0 atom stereocenters. The van der Waals surface area contributed by atoms with E-state index in [1.54, 1.807) is 0 Å². The van der Waals surface area contributed by atoms with Gasteiger partial charge in [0.15, 0.2) is 0 Å². The van der Waals surface area contributed by atoms with Crippen molar-refractivity contribution in [2.45, 2.75) is 31.8 Å². The number of hydrogen-bond donors (Lipinski definition) is 1. The molecule has 0 spiro atoms. The SMILES string of the molecule is O=C(Cc1ccc(OCc2ccccc2)cc1)Nc1cc(C2CC2)nn1-c1ccccc1. The summed E-state index contributed by atoms with van der Waals surface area (Å²) in [6.45, 7) is 0.521. The number of ether oxygens (including phenoxy) is 1. The van der Waals surface area contributed by atoms with Crippen molar-refractivity contribution in [3.63, 3.8) is 0 Å². The Balaban J connectivity index is 1.23. The molecule has 3 aromatic carbocycles. The molecular formula is C27H25N3O2. The van der Waals surface area contributed by atoms with Crippen LogP contribution in [0.3, 0.4) is 0 Å². The zero-order valence-corrected chi connectivity index (χ0v) is 17.8. The Morgan fingerprint density at radius 3 is 2.28 bits per heavy atom. The van der Waals surface area contributed by atoms with Crippen LogP contribution < -0.4 is 10.1 Å². The first-order chi connectivity index (χ1) is 15.7. The molecule has 1 amide bonds. The van der Waals surface area contributed by atoms with Gasteiger partial charge in [-0.3, -0.25) is 4.79 Å². The maximum Gasteiger partial charge on any atom is 0.229 e. The molecule has 1 aliphatic rings. The molecule has 1 aliphatic carbocycles. The minimum absolute atomic E-state index is 0.0672. The van der Waals surface area contributed by atoms with Gasteiger partial charge in [0, 0.05) is 12.0 Å². The van der Waals surface area contributed by atoms with E-state index >= 15 is 0 Å². The van der Waals surface area contributed by atoms with Gasteiger partial charge in [0.1, 0.15) is 18.2 Å². The van der Waals surface area contributed by atoms with Crippen LogP contribution in [0.2, 0.25) is 0 Å². The first kappa shape index (κ1) is 20.1. The quantitative estimate of drug-likeness (QED) is 0.407. The molecule has 1 saturated carbocycles. The van der Waals surface area contributed by atoms with E-state index in [-0.39, 0.29) is 12.3 Å². The van der Waals surface area contributed by atoms with E-state index in [4.69, 9.17) is 9.84 Å². The molecule has 4 aromatic rings. The van der Waals surface area contributed by atoms with E-state index in [1.165, 1.54) is 0 Å². The number of anilines is 1. The summed E-state index contributed by atoms with van der Waals surface area (Å²) in [5.41, 5.74) is 4.04. The second-order valence-electron chi connectivity index (χ2n) is 8.12. The van der Waals surface area contributed by atoms with Crippen molar-refractivity contribution in [1.29, 1.82) is 0 Å². The smallest absolute Gasteiger partial charge is 0.229 e. The lowest BCUT2D eigenvalue weighted by Crippen LogP contribution is -2.17. The van der Waals surface area contributed by atoms with Crippen LogP contribution in [0, 0.1) is 0 Å². The fourth-order valence-corrected chi connectivity index (χ4v) is 3.65. The zero-order chi connectivity index (χ0) is 21.8. The third-order valence-electron chi connectivity index (χ3n) is 5.53. The zero-order valence-electron chi connectivity index (χ0n) is 17.8. The Kier molecular flexibility index (Phi) is 5.71. The summed E-state index contributed by atoms with van der Waals surface area (Å²) in [5.74, 6) is 1.95. The van der Waals surface area contributed by atoms with Crippen LogP contribution >= 0.6 is 0 Å². The average molecular weight is 424 g/mol. The Labute approximate surface area is 187 Å². The fraction of sp³-hybridized carbons (Fsp3) is 0.185. The second-order valence-corrected chi connectivity index (χ2v) is 8.12. The monoisotopic (exact) mass is 423 g/mol. The van der Waals surface area contributed by atoms with Crippen molar-refractivity contribution in [2.24, 2.45) is 0 Å². The Hall–Kier alpha value is -3.86. The second kappa shape index (κ2) is 9.10. The molecule has 1 N–H and O–H groups in total. The number of carbonyl (C=O) groups excluding carboxylic acids is 1. The third-order valence-corrected chi connectivity index (χ3v) is 5.53. The molecular weight excluding hydrogens is 398 g/mol.